The molecule has 28 heavy (non-hydrogen) atoms. The van der Waals surface area contributed by atoms with Crippen molar-refractivity contribution in [2.45, 2.75) is 26.9 Å². The van der Waals surface area contributed by atoms with Crippen molar-refractivity contribution in [3.63, 3.8) is 0 Å². The molecule has 2 N–H and O–H groups in total. The Morgan fingerprint density at radius 1 is 0.607 bits per heavy atom. The number of nitrogens with one attached hydrogen (secondary N) is 2. The molecule has 0 saturated carbocycles. The number of hydrogen-bond donors (Lipinski definition) is 2. The molecular formula is C24H24N2O2. The molecule has 0 aromatic heterocycles. The maximum Gasteiger partial charge on any atom is 0.251 e. The second kappa shape index (κ2) is 9.00. The Bertz CT molecular complexity index is 897. The average Bonchev–Trinajstić information content (AvgIpc) is 2.72. The third-order valence-electron chi connectivity index (χ3n) is 4.81. The van der Waals surface area contributed by atoms with Crippen molar-refractivity contribution in [1.82, 2.24) is 10.6 Å². The zero-order valence-electron chi connectivity index (χ0n) is 16.2. The Balaban J connectivity index is 1.56. The lowest BCUT2D eigenvalue weighted by atomic mass is 10.1. The smallest absolute Gasteiger partial charge is 0.251 e. The first-order chi connectivity index (χ1) is 13.5. The molecule has 0 spiro atoms. The predicted octanol–water partition coefficient (Wildman–Crippen LogP) is 4.16. The van der Waals surface area contributed by atoms with Gasteiger partial charge in [0.2, 0.25) is 0 Å². The number of carbonyl (C=O) groups is 2. The normalized spacial score (nSPS) is 10.4. The first-order valence-electron chi connectivity index (χ1n) is 9.30. The lowest BCUT2D eigenvalue weighted by molar-refractivity contribution is 0.0939. The lowest BCUT2D eigenvalue weighted by Crippen LogP contribution is -2.24. The van der Waals surface area contributed by atoms with E-state index in [1.54, 1.807) is 24.3 Å². The van der Waals surface area contributed by atoms with Crippen LogP contribution in [-0.2, 0) is 13.1 Å². The second-order valence-corrected chi connectivity index (χ2v) is 6.80. The third kappa shape index (κ3) is 4.86. The van der Waals surface area contributed by atoms with Crippen LogP contribution in [0.1, 0.15) is 43.0 Å². The minimum absolute atomic E-state index is 0.157. The van der Waals surface area contributed by atoms with Crippen molar-refractivity contribution < 1.29 is 9.59 Å². The van der Waals surface area contributed by atoms with Gasteiger partial charge in [-0.05, 0) is 60.4 Å². The predicted molar refractivity (Wildman–Crippen MR) is 111 cm³/mol. The molecule has 0 aliphatic rings. The Morgan fingerprint density at radius 3 is 1.32 bits per heavy atom. The van der Waals surface area contributed by atoms with Crippen LogP contribution in [0, 0.1) is 13.8 Å². The van der Waals surface area contributed by atoms with Gasteiger partial charge in [0, 0.05) is 24.2 Å². The van der Waals surface area contributed by atoms with Gasteiger partial charge in [-0.1, -0.05) is 48.5 Å². The number of amides is 2. The topological polar surface area (TPSA) is 58.2 Å². The summed E-state index contributed by atoms with van der Waals surface area (Å²) in [5, 5.41) is 5.84. The van der Waals surface area contributed by atoms with Crippen molar-refractivity contribution in [3.8, 4) is 0 Å². The summed E-state index contributed by atoms with van der Waals surface area (Å²) in [5.41, 5.74) is 5.52. The minimum atomic E-state index is -0.157. The Kier molecular flexibility index (Phi) is 6.22. The van der Waals surface area contributed by atoms with Crippen LogP contribution in [0.4, 0.5) is 0 Å². The summed E-state index contributed by atoms with van der Waals surface area (Å²) in [6, 6.07) is 22.6. The summed E-state index contributed by atoms with van der Waals surface area (Å²) in [5.74, 6) is -0.315. The zero-order chi connectivity index (χ0) is 19.9. The van der Waals surface area contributed by atoms with Crippen molar-refractivity contribution in [2.75, 3.05) is 0 Å². The van der Waals surface area contributed by atoms with Crippen molar-refractivity contribution in [1.29, 1.82) is 0 Å². The molecule has 0 unspecified atom stereocenters. The van der Waals surface area contributed by atoms with Crippen LogP contribution in [0.3, 0.4) is 0 Å². The highest BCUT2D eigenvalue weighted by atomic mass is 16.2. The Hall–Kier alpha value is -3.40. The first-order valence-corrected chi connectivity index (χ1v) is 9.30. The van der Waals surface area contributed by atoms with E-state index in [2.05, 4.69) is 10.6 Å². The fourth-order valence-corrected chi connectivity index (χ4v) is 2.94. The van der Waals surface area contributed by atoms with Crippen LogP contribution in [0.2, 0.25) is 0 Å². The van der Waals surface area contributed by atoms with Gasteiger partial charge in [0.15, 0.2) is 0 Å². The van der Waals surface area contributed by atoms with Gasteiger partial charge in [-0.3, -0.25) is 9.59 Å². The summed E-state index contributed by atoms with van der Waals surface area (Å²) >= 11 is 0. The molecule has 2 amide bonds. The summed E-state index contributed by atoms with van der Waals surface area (Å²) in [4.78, 5) is 24.7. The quantitative estimate of drug-likeness (QED) is 0.682. The van der Waals surface area contributed by atoms with E-state index in [0.717, 1.165) is 22.3 Å². The maximum absolute atomic E-state index is 12.3. The molecule has 0 bridgehead atoms. The molecule has 3 aromatic rings. The van der Waals surface area contributed by atoms with E-state index in [4.69, 9.17) is 0 Å². The van der Waals surface area contributed by atoms with E-state index in [1.165, 1.54) is 0 Å². The fraction of sp³-hybridized carbons (Fsp3) is 0.167. The van der Waals surface area contributed by atoms with Gasteiger partial charge in [0.25, 0.3) is 11.8 Å². The highest BCUT2D eigenvalue weighted by Gasteiger charge is 2.10. The SMILES string of the molecule is Cc1ccccc1CNC(=O)c1ccc(C(=O)NCc2ccccc2C)cc1. The van der Waals surface area contributed by atoms with E-state index < -0.39 is 0 Å². The summed E-state index contributed by atoms with van der Waals surface area (Å²) < 4.78 is 0. The molecule has 0 radical (unpaired) electrons. The van der Waals surface area contributed by atoms with Gasteiger partial charge in [-0.15, -0.1) is 0 Å². The summed E-state index contributed by atoms with van der Waals surface area (Å²) in [6.45, 7) is 4.99. The number of rotatable bonds is 6. The number of aryl methyl sites for hydroxylation is 2. The Morgan fingerprint density at radius 2 is 0.964 bits per heavy atom. The molecule has 0 heterocycles. The molecule has 142 valence electrons. The average molecular weight is 372 g/mol. The largest absolute Gasteiger partial charge is 0.348 e. The fourth-order valence-electron chi connectivity index (χ4n) is 2.94. The van der Waals surface area contributed by atoms with E-state index in [0.29, 0.717) is 24.2 Å². The molecule has 4 nitrogen and oxygen atoms in total. The monoisotopic (exact) mass is 372 g/mol. The summed E-state index contributed by atoms with van der Waals surface area (Å²) in [6.07, 6.45) is 0. The highest BCUT2D eigenvalue weighted by Crippen LogP contribution is 2.10. The number of hydrogen-bond acceptors (Lipinski definition) is 2. The summed E-state index contributed by atoms with van der Waals surface area (Å²) in [7, 11) is 0. The standard InChI is InChI=1S/C24H24N2O2/c1-17-7-3-5-9-21(17)15-25-23(27)19-11-13-20(14-12-19)24(28)26-16-22-10-6-4-8-18(22)2/h3-14H,15-16H2,1-2H3,(H,25,27)(H,26,28). The zero-order valence-corrected chi connectivity index (χ0v) is 16.2. The van der Waals surface area contributed by atoms with Gasteiger partial charge in [0.1, 0.15) is 0 Å². The van der Waals surface area contributed by atoms with Gasteiger partial charge >= 0.3 is 0 Å². The lowest BCUT2D eigenvalue weighted by Gasteiger charge is -2.09. The highest BCUT2D eigenvalue weighted by molar-refractivity contribution is 5.97. The van der Waals surface area contributed by atoms with Crippen LogP contribution < -0.4 is 10.6 Å². The molecular weight excluding hydrogens is 348 g/mol. The molecule has 0 fully saturated rings. The van der Waals surface area contributed by atoms with Crippen molar-refractivity contribution in [3.05, 3.63) is 106 Å². The van der Waals surface area contributed by atoms with Crippen LogP contribution in [-0.4, -0.2) is 11.8 Å². The van der Waals surface area contributed by atoms with Gasteiger partial charge in [-0.2, -0.15) is 0 Å². The third-order valence-corrected chi connectivity index (χ3v) is 4.81. The maximum atomic E-state index is 12.3. The molecule has 0 saturated heterocycles. The van der Waals surface area contributed by atoms with Crippen LogP contribution >= 0.6 is 0 Å². The molecule has 0 aliphatic carbocycles. The first kappa shape index (κ1) is 19.4. The van der Waals surface area contributed by atoms with Crippen LogP contribution in [0.25, 0.3) is 0 Å². The number of carbonyl (C=O) groups excluding carboxylic acids is 2. The van der Waals surface area contributed by atoms with Crippen LogP contribution in [0.15, 0.2) is 72.8 Å². The number of benzene rings is 3. The molecule has 0 aliphatic heterocycles. The van der Waals surface area contributed by atoms with Crippen molar-refractivity contribution in [2.24, 2.45) is 0 Å². The Labute approximate surface area is 165 Å². The molecule has 4 heteroatoms. The van der Waals surface area contributed by atoms with E-state index in [1.807, 2.05) is 62.4 Å². The van der Waals surface area contributed by atoms with Crippen molar-refractivity contribution >= 4 is 11.8 Å². The second-order valence-electron chi connectivity index (χ2n) is 6.80. The van der Waals surface area contributed by atoms with Crippen LogP contribution in [0.5, 0.6) is 0 Å². The van der Waals surface area contributed by atoms with E-state index in [-0.39, 0.29) is 11.8 Å². The van der Waals surface area contributed by atoms with E-state index in [9.17, 15) is 9.59 Å². The van der Waals surface area contributed by atoms with E-state index >= 15 is 0 Å². The molecule has 3 aromatic carbocycles. The van der Waals surface area contributed by atoms with Gasteiger partial charge < -0.3 is 10.6 Å². The molecule has 3 rings (SSSR count). The molecule has 0 atom stereocenters. The minimum Gasteiger partial charge on any atom is -0.348 e. The van der Waals surface area contributed by atoms with Gasteiger partial charge in [0.05, 0.1) is 0 Å². The van der Waals surface area contributed by atoms with Gasteiger partial charge in [-0.25, -0.2) is 0 Å².